The Balaban J connectivity index is 1.05. The quantitative estimate of drug-likeness (QED) is 0.183. The Kier molecular flexibility index (Phi) is 6.83. The number of nitrogens with zero attached hydrogens (tertiary/aromatic N) is 6. The second kappa shape index (κ2) is 11.9. The average molecular weight is 669 g/mol. The van der Waals surface area contributed by atoms with Crippen molar-refractivity contribution in [2.24, 2.45) is 0 Å². The molecule has 0 spiro atoms. The average Bonchev–Trinajstić information content (AvgIpc) is 3.71. The fourth-order valence-electron chi connectivity index (χ4n) is 7.85. The second-order valence-corrected chi connectivity index (χ2v) is 13.3. The lowest BCUT2D eigenvalue weighted by Crippen LogP contribution is -1.98. The number of pyridine rings is 4. The molecule has 0 amide bonds. The Labute approximate surface area is 300 Å². The zero-order valence-electron chi connectivity index (χ0n) is 28.7. The first kappa shape index (κ1) is 29.9. The van der Waals surface area contributed by atoms with E-state index in [-0.39, 0.29) is 0 Å². The van der Waals surface area contributed by atoms with Gasteiger partial charge in [-0.2, -0.15) is 0 Å². The molecule has 0 saturated heterocycles. The maximum absolute atomic E-state index is 4.83. The van der Waals surface area contributed by atoms with Crippen molar-refractivity contribution in [2.45, 2.75) is 13.8 Å². The predicted octanol–water partition coefficient (Wildman–Crippen LogP) is 11.1. The van der Waals surface area contributed by atoms with E-state index in [1.807, 2.05) is 73.6 Å². The third-order valence-electron chi connectivity index (χ3n) is 10.3. The molecule has 0 bridgehead atoms. The lowest BCUT2D eigenvalue weighted by molar-refractivity contribution is 1.16. The van der Waals surface area contributed by atoms with Gasteiger partial charge in [-0.3, -0.25) is 19.9 Å². The number of aryl methyl sites for hydroxylation is 2. The van der Waals surface area contributed by atoms with Gasteiger partial charge < -0.3 is 9.13 Å². The van der Waals surface area contributed by atoms with E-state index < -0.39 is 0 Å². The summed E-state index contributed by atoms with van der Waals surface area (Å²) in [6, 6.07) is 43.4. The van der Waals surface area contributed by atoms with Gasteiger partial charge in [-0.05, 0) is 155 Å². The zero-order chi connectivity index (χ0) is 34.8. The molecule has 10 aromatic rings. The standard InChI is InChI=1S/C46H32N6/c1-29-25-35(51-41-13-7-33(31-15-21-47-22-16-31)27-39(41)45-43(51)5-3-19-49-45)9-11-37(29)38-12-10-36(26-30(38)2)52-42-14-8-34(32-17-23-48-24-18-32)28-40(42)46-44(52)6-4-20-50-46/h3-28H,1-2H3. The van der Waals surface area contributed by atoms with E-state index in [0.717, 1.165) is 77.5 Å². The summed E-state index contributed by atoms with van der Waals surface area (Å²) in [5.74, 6) is 0. The van der Waals surface area contributed by atoms with Crippen LogP contribution in [0.1, 0.15) is 11.1 Å². The summed E-state index contributed by atoms with van der Waals surface area (Å²) >= 11 is 0. The van der Waals surface area contributed by atoms with Gasteiger partial charge in [0.05, 0.1) is 33.1 Å². The highest BCUT2D eigenvalue weighted by Gasteiger charge is 2.18. The van der Waals surface area contributed by atoms with Crippen LogP contribution in [0.15, 0.2) is 159 Å². The van der Waals surface area contributed by atoms with Crippen molar-refractivity contribution in [3.8, 4) is 44.8 Å². The Morgan fingerprint density at radius 3 is 1.25 bits per heavy atom. The number of fused-ring (bicyclic) bond motifs is 6. The molecule has 52 heavy (non-hydrogen) atoms. The van der Waals surface area contributed by atoms with Crippen LogP contribution in [-0.4, -0.2) is 29.1 Å². The zero-order valence-corrected chi connectivity index (χ0v) is 28.7. The van der Waals surface area contributed by atoms with Crippen molar-refractivity contribution < 1.29 is 0 Å². The van der Waals surface area contributed by atoms with E-state index in [9.17, 15) is 0 Å². The van der Waals surface area contributed by atoms with E-state index in [1.54, 1.807) is 0 Å². The topological polar surface area (TPSA) is 61.4 Å². The van der Waals surface area contributed by atoms with Gasteiger partial charge in [-0.25, -0.2) is 0 Å². The highest BCUT2D eigenvalue weighted by Crippen LogP contribution is 2.38. The maximum Gasteiger partial charge on any atom is 0.0963 e. The summed E-state index contributed by atoms with van der Waals surface area (Å²) in [4.78, 5) is 18.1. The van der Waals surface area contributed by atoms with Gasteiger partial charge in [0.25, 0.3) is 0 Å². The third-order valence-corrected chi connectivity index (χ3v) is 10.3. The van der Waals surface area contributed by atoms with Crippen LogP contribution in [0.3, 0.4) is 0 Å². The number of benzene rings is 4. The molecule has 6 aromatic heterocycles. The van der Waals surface area contributed by atoms with Crippen LogP contribution in [-0.2, 0) is 0 Å². The lowest BCUT2D eigenvalue weighted by Gasteiger charge is -2.15. The number of aromatic nitrogens is 6. The molecule has 10 rings (SSSR count). The largest absolute Gasteiger partial charge is 0.308 e. The third kappa shape index (κ3) is 4.72. The van der Waals surface area contributed by atoms with E-state index >= 15 is 0 Å². The van der Waals surface area contributed by atoms with Crippen LogP contribution >= 0.6 is 0 Å². The van der Waals surface area contributed by atoms with Crippen molar-refractivity contribution in [2.75, 3.05) is 0 Å². The molecule has 6 nitrogen and oxygen atoms in total. The van der Waals surface area contributed by atoms with Gasteiger partial charge >= 0.3 is 0 Å². The minimum Gasteiger partial charge on any atom is -0.308 e. The van der Waals surface area contributed by atoms with Crippen LogP contribution < -0.4 is 0 Å². The van der Waals surface area contributed by atoms with Gasteiger partial charge in [0.1, 0.15) is 0 Å². The van der Waals surface area contributed by atoms with Gasteiger partial charge in [-0.1, -0.05) is 24.3 Å². The monoisotopic (exact) mass is 668 g/mol. The number of hydrogen-bond donors (Lipinski definition) is 0. The van der Waals surface area contributed by atoms with Crippen molar-refractivity contribution >= 4 is 43.9 Å². The number of hydrogen-bond acceptors (Lipinski definition) is 4. The molecule has 4 aromatic carbocycles. The molecule has 0 radical (unpaired) electrons. The van der Waals surface area contributed by atoms with Crippen LogP contribution in [0.5, 0.6) is 0 Å². The van der Waals surface area contributed by atoms with E-state index in [0.29, 0.717) is 0 Å². The molecule has 0 unspecified atom stereocenters. The SMILES string of the molecule is Cc1cc(-n2c3ccc(-c4ccncc4)cc3c3ncccc32)ccc1-c1ccc(-n2c3ccc(-c4ccncc4)cc3c3ncccc32)cc1C. The molecule has 6 heterocycles. The number of rotatable bonds is 5. The van der Waals surface area contributed by atoms with E-state index in [1.165, 1.54) is 22.3 Å². The molecule has 0 aliphatic carbocycles. The van der Waals surface area contributed by atoms with Crippen LogP contribution in [0.2, 0.25) is 0 Å². The van der Waals surface area contributed by atoms with Crippen molar-refractivity contribution in [3.63, 3.8) is 0 Å². The Bertz CT molecular complexity index is 2770. The normalized spacial score (nSPS) is 11.7. The molecule has 246 valence electrons. The van der Waals surface area contributed by atoms with Gasteiger partial charge in [0, 0.05) is 59.3 Å². The first-order chi connectivity index (χ1) is 25.6. The molecule has 0 saturated carbocycles. The van der Waals surface area contributed by atoms with Gasteiger partial charge in [0.2, 0.25) is 0 Å². The molecule has 6 heteroatoms. The van der Waals surface area contributed by atoms with Crippen molar-refractivity contribution in [1.29, 1.82) is 0 Å². The van der Waals surface area contributed by atoms with Crippen LogP contribution in [0, 0.1) is 13.8 Å². The Morgan fingerprint density at radius 2 is 0.827 bits per heavy atom. The lowest BCUT2D eigenvalue weighted by atomic mass is 9.95. The van der Waals surface area contributed by atoms with Gasteiger partial charge in [0.15, 0.2) is 0 Å². The second-order valence-electron chi connectivity index (χ2n) is 13.3. The molecular formula is C46H32N6. The fraction of sp³-hybridized carbons (Fsp3) is 0.0435. The maximum atomic E-state index is 4.83. The van der Waals surface area contributed by atoms with Crippen molar-refractivity contribution in [3.05, 3.63) is 170 Å². The molecule has 0 N–H and O–H groups in total. The molecule has 0 fully saturated rings. The molecular weight excluding hydrogens is 637 g/mol. The Hall–Kier alpha value is -6.92. The first-order valence-corrected chi connectivity index (χ1v) is 17.4. The summed E-state index contributed by atoms with van der Waals surface area (Å²) in [6.45, 7) is 4.41. The smallest absolute Gasteiger partial charge is 0.0963 e. The van der Waals surface area contributed by atoms with Crippen LogP contribution in [0.25, 0.3) is 88.6 Å². The highest BCUT2D eigenvalue weighted by atomic mass is 15.0. The van der Waals surface area contributed by atoms with Gasteiger partial charge in [-0.15, -0.1) is 0 Å². The Morgan fingerprint density at radius 1 is 0.385 bits per heavy atom. The predicted molar refractivity (Wildman–Crippen MR) is 212 cm³/mol. The summed E-state index contributed by atoms with van der Waals surface area (Å²) in [5.41, 5.74) is 18.1. The molecule has 0 aliphatic heterocycles. The van der Waals surface area contributed by atoms with E-state index in [4.69, 9.17) is 9.97 Å². The minimum absolute atomic E-state index is 0.996. The molecule has 0 atom stereocenters. The first-order valence-electron chi connectivity index (χ1n) is 17.4. The minimum atomic E-state index is 0.996. The fourth-order valence-corrected chi connectivity index (χ4v) is 7.85. The summed E-state index contributed by atoms with van der Waals surface area (Å²) in [5, 5.41) is 2.26. The summed E-state index contributed by atoms with van der Waals surface area (Å²) in [7, 11) is 0. The summed E-state index contributed by atoms with van der Waals surface area (Å²) < 4.78 is 4.66. The summed E-state index contributed by atoms with van der Waals surface area (Å²) in [6.07, 6.45) is 11.1. The van der Waals surface area contributed by atoms with Crippen molar-refractivity contribution in [1.82, 2.24) is 29.1 Å². The van der Waals surface area contributed by atoms with Crippen LogP contribution in [0.4, 0.5) is 0 Å². The molecule has 0 aliphatic rings. The van der Waals surface area contributed by atoms with E-state index in [2.05, 4.69) is 118 Å². The highest BCUT2D eigenvalue weighted by molar-refractivity contribution is 6.09.